The quantitative estimate of drug-likeness (QED) is 0.343. The van der Waals surface area contributed by atoms with Gasteiger partial charge in [0.25, 0.3) is 11.6 Å². The number of hydrogen-bond acceptors (Lipinski definition) is 7. The van der Waals surface area contributed by atoms with E-state index in [-0.39, 0.29) is 24.1 Å². The summed E-state index contributed by atoms with van der Waals surface area (Å²) in [7, 11) is 0. The van der Waals surface area contributed by atoms with Crippen LogP contribution in [0.4, 0.5) is 5.69 Å². The number of esters is 1. The lowest BCUT2D eigenvalue weighted by Gasteiger charge is -2.09. The Labute approximate surface area is 145 Å². The Hall–Kier alpha value is -2.19. The summed E-state index contributed by atoms with van der Waals surface area (Å²) in [6.45, 7) is 1.41. The number of rotatable bonds is 5. The molecule has 8 nitrogen and oxygen atoms in total. The van der Waals surface area contributed by atoms with Crippen LogP contribution in [0, 0.1) is 15.5 Å². The summed E-state index contributed by atoms with van der Waals surface area (Å²) in [6, 6.07) is 5.63. The van der Waals surface area contributed by atoms with Gasteiger partial charge in [-0.3, -0.25) is 14.9 Å². The van der Waals surface area contributed by atoms with Crippen molar-refractivity contribution in [1.82, 2.24) is 10.2 Å². The van der Waals surface area contributed by atoms with Gasteiger partial charge in [-0.15, -0.1) is 33.4 Å². The molecule has 24 heavy (non-hydrogen) atoms. The molecule has 126 valence electrons. The molecule has 1 aliphatic carbocycles. The van der Waals surface area contributed by atoms with Gasteiger partial charge in [-0.2, -0.15) is 0 Å². The summed E-state index contributed by atoms with van der Waals surface area (Å²) >= 11 is 11.8. The second-order valence-corrected chi connectivity index (χ2v) is 7.08. The lowest BCUT2D eigenvalue weighted by molar-refractivity contribution is -0.384. The summed E-state index contributed by atoms with van der Waals surface area (Å²) in [5, 5.41) is 18.2. The van der Waals surface area contributed by atoms with Gasteiger partial charge in [-0.25, -0.2) is 0 Å². The number of benzene rings is 1. The van der Waals surface area contributed by atoms with Crippen LogP contribution in [0.5, 0.6) is 0 Å². The molecule has 0 saturated heterocycles. The highest BCUT2D eigenvalue weighted by Gasteiger charge is 2.69. The second-order valence-electron chi connectivity index (χ2n) is 5.59. The molecule has 1 aromatic carbocycles. The first kappa shape index (κ1) is 16.7. The zero-order valence-corrected chi connectivity index (χ0v) is 13.9. The topological polar surface area (TPSA) is 108 Å². The molecule has 1 heterocycles. The zero-order valence-electron chi connectivity index (χ0n) is 12.4. The van der Waals surface area contributed by atoms with Gasteiger partial charge >= 0.3 is 5.97 Å². The van der Waals surface area contributed by atoms with E-state index in [1.54, 1.807) is 6.92 Å². The molecular weight excluding hydrogens is 361 g/mol. The third-order valence-corrected chi connectivity index (χ3v) is 4.93. The van der Waals surface area contributed by atoms with Crippen LogP contribution < -0.4 is 0 Å². The summed E-state index contributed by atoms with van der Waals surface area (Å²) < 4.78 is 9.36. The van der Waals surface area contributed by atoms with Gasteiger partial charge in [0.2, 0.25) is 5.89 Å². The first-order chi connectivity index (χ1) is 11.2. The van der Waals surface area contributed by atoms with Crippen LogP contribution in [0.25, 0.3) is 11.5 Å². The van der Waals surface area contributed by atoms with Crippen molar-refractivity contribution in [1.29, 1.82) is 0 Å². The van der Waals surface area contributed by atoms with E-state index in [0.717, 1.165) is 0 Å². The highest BCUT2D eigenvalue weighted by molar-refractivity contribution is 6.53. The Morgan fingerprint density at radius 3 is 2.54 bits per heavy atom. The lowest BCUT2D eigenvalue weighted by Crippen LogP contribution is -2.21. The fourth-order valence-corrected chi connectivity index (χ4v) is 2.75. The van der Waals surface area contributed by atoms with Gasteiger partial charge in [0, 0.05) is 24.1 Å². The highest BCUT2D eigenvalue weighted by Crippen LogP contribution is 2.64. The van der Waals surface area contributed by atoms with Crippen molar-refractivity contribution in [2.24, 2.45) is 5.41 Å². The number of carbonyl (C=O) groups excluding carboxylic acids is 1. The van der Waals surface area contributed by atoms with E-state index in [4.69, 9.17) is 32.4 Å². The van der Waals surface area contributed by atoms with Crippen molar-refractivity contribution in [3.63, 3.8) is 0 Å². The Morgan fingerprint density at radius 1 is 1.38 bits per heavy atom. The maximum Gasteiger partial charge on any atom is 0.315 e. The number of hydrogen-bond donors (Lipinski definition) is 0. The minimum absolute atomic E-state index is 0.0456. The number of alkyl halides is 2. The van der Waals surface area contributed by atoms with E-state index in [0.29, 0.717) is 12.0 Å². The van der Waals surface area contributed by atoms with Crippen molar-refractivity contribution >= 4 is 34.9 Å². The van der Waals surface area contributed by atoms with E-state index in [2.05, 4.69) is 10.2 Å². The number of halogens is 2. The number of nitro groups is 1. The van der Waals surface area contributed by atoms with Gasteiger partial charge in [0.1, 0.15) is 9.75 Å². The van der Waals surface area contributed by atoms with Crippen LogP contribution in [-0.2, 0) is 16.1 Å². The highest BCUT2D eigenvalue weighted by atomic mass is 35.5. The van der Waals surface area contributed by atoms with Crippen LogP contribution >= 0.6 is 23.2 Å². The molecule has 1 aromatic heterocycles. The van der Waals surface area contributed by atoms with Crippen molar-refractivity contribution in [3.05, 3.63) is 40.3 Å². The van der Waals surface area contributed by atoms with E-state index < -0.39 is 20.6 Å². The summed E-state index contributed by atoms with van der Waals surface area (Å²) in [6.07, 6.45) is 0.319. The van der Waals surface area contributed by atoms with E-state index in [1.807, 2.05) is 0 Å². The fourth-order valence-electron chi connectivity index (χ4n) is 2.06. The number of aromatic nitrogens is 2. The predicted octanol–water partition coefficient (Wildman–Crippen LogP) is 3.27. The minimum Gasteiger partial charge on any atom is -0.455 e. The Morgan fingerprint density at radius 2 is 2.00 bits per heavy atom. The van der Waals surface area contributed by atoms with Crippen LogP contribution in [0.3, 0.4) is 0 Å². The first-order valence-electron chi connectivity index (χ1n) is 6.85. The molecule has 1 aliphatic rings. The van der Waals surface area contributed by atoms with Gasteiger partial charge < -0.3 is 9.15 Å². The van der Waals surface area contributed by atoms with Crippen LogP contribution in [-0.4, -0.2) is 25.4 Å². The normalized spacial score (nSPS) is 21.3. The van der Waals surface area contributed by atoms with E-state index >= 15 is 0 Å². The number of nitro benzene ring substituents is 1. The minimum atomic E-state index is -1.11. The van der Waals surface area contributed by atoms with Gasteiger partial charge in [-0.1, -0.05) is 0 Å². The van der Waals surface area contributed by atoms with E-state index in [1.165, 1.54) is 24.3 Å². The SMILES string of the molecule is C[C@]1(C(=O)OCc2nnc(-c3ccc([N+](=O)[O-])cc3)o2)CC1(Cl)Cl. The monoisotopic (exact) mass is 371 g/mol. The number of carbonyl (C=O) groups is 1. The fraction of sp³-hybridized carbons (Fsp3) is 0.357. The molecule has 3 rings (SSSR count). The first-order valence-corrected chi connectivity index (χ1v) is 7.61. The molecule has 0 amide bonds. The molecule has 0 radical (unpaired) electrons. The Kier molecular flexibility index (Phi) is 3.97. The largest absolute Gasteiger partial charge is 0.455 e. The molecule has 1 fully saturated rings. The van der Waals surface area contributed by atoms with Gasteiger partial charge in [0.05, 0.1) is 4.92 Å². The summed E-state index contributed by atoms with van der Waals surface area (Å²) in [5.74, 6) is -0.282. The molecule has 1 atom stereocenters. The van der Waals surface area contributed by atoms with Crippen LogP contribution in [0.2, 0.25) is 0 Å². The summed E-state index contributed by atoms with van der Waals surface area (Å²) in [4.78, 5) is 22.1. The second kappa shape index (κ2) is 5.71. The van der Waals surface area contributed by atoms with Crippen molar-refractivity contribution in [2.45, 2.75) is 24.3 Å². The van der Waals surface area contributed by atoms with Crippen molar-refractivity contribution < 1.29 is 18.9 Å². The predicted molar refractivity (Wildman–Crippen MR) is 83.3 cm³/mol. The van der Waals surface area contributed by atoms with Crippen LogP contribution in [0.1, 0.15) is 19.2 Å². The number of ether oxygens (including phenoxy) is 1. The molecule has 0 unspecified atom stereocenters. The molecule has 2 aromatic rings. The zero-order chi connectivity index (χ0) is 17.5. The third-order valence-electron chi connectivity index (χ3n) is 3.83. The Balaban J connectivity index is 1.64. The number of non-ortho nitro benzene ring substituents is 1. The third kappa shape index (κ3) is 2.94. The summed E-state index contributed by atoms with van der Waals surface area (Å²) in [5.41, 5.74) is -0.465. The lowest BCUT2D eigenvalue weighted by atomic mass is 10.1. The standard InChI is InChI=1S/C14H11Cl2N3O5/c1-13(7-14(13,15)16)12(20)23-6-10-17-18-11(24-10)8-2-4-9(5-3-8)19(21)22/h2-5H,6-7H2,1H3/t13-/m1/s1. The molecule has 10 heteroatoms. The van der Waals surface area contributed by atoms with E-state index in [9.17, 15) is 14.9 Å². The molecule has 1 saturated carbocycles. The van der Waals surface area contributed by atoms with Crippen LogP contribution in [0.15, 0.2) is 28.7 Å². The Bertz CT molecular complexity index is 805. The van der Waals surface area contributed by atoms with Crippen molar-refractivity contribution in [3.8, 4) is 11.5 Å². The molecule has 0 N–H and O–H groups in total. The molecule has 0 bridgehead atoms. The van der Waals surface area contributed by atoms with Gasteiger partial charge in [-0.05, 0) is 19.1 Å². The number of nitrogens with zero attached hydrogens (tertiary/aromatic N) is 3. The average Bonchev–Trinajstić information content (AvgIpc) is 2.90. The molecule has 0 spiro atoms. The average molecular weight is 372 g/mol. The maximum atomic E-state index is 11.9. The van der Waals surface area contributed by atoms with Crippen molar-refractivity contribution in [2.75, 3.05) is 0 Å². The molecular formula is C14H11Cl2N3O5. The van der Waals surface area contributed by atoms with Gasteiger partial charge in [0.15, 0.2) is 6.61 Å². The molecule has 0 aliphatic heterocycles. The maximum absolute atomic E-state index is 11.9. The smallest absolute Gasteiger partial charge is 0.315 e.